The van der Waals surface area contributed by atoms with Gasteiger partial charge in [-0.05, 0) is 25.1 Å². The Morgan fingerprint density at radius 3 is 2.85 bits per heavy atom. The van der Waals surface area contributed by atoms with Gasteiger partial charge in [-0.3, -0.25) is 4.68 Å². The Balaban J connectivity index is 2.01. The zero-order chi connectivity index (χ0) is 14.5. The number of urea groups is 1. The fourth-order valence-corrected chi connectivity index (χ4v) is 2.05. The van der Waals surface area contributed by atoms with Gasteiger partial charge in [0.1, 0.15) is 0 Å². The third kappa shape index (κ3) is 3.30. The quantitative estimate of drug-likeness (QED) is 0.940. The predicted molar refractivity (Wildman–Crippen MR) is 79.8 cm³/mol. The molecule has 2 rings (SSSR count). The molecule has 1 N–H and O–H groups in total. The van der Waals surface area contributed by atoms with Gasteiger partial charge in [0, 0.05) is 19.8 Å². The van der Waals surface area contributed by atoms with E-state index >= 15 is 0 Å². The summed E-state index contributed by atoms with van der Waals surface area (Å²) in [4.78, 5) is 13.7. The second kappa shape index (κ2) is 6.43. The normalized spacial score (nSPS) is 10.3. The predicted octanol–water partition coefficient (Wildman–Crippen LogP) is 3.22. The number of carbonyl (C=O) groups excluding carboxylic acids is 1. The summed E-state index contributed by atoms with van der Waals surface area (Å²) in [5.74, 6) is 0. The molecule has 1 aromatic carbocycles. The average Bonchev–Trinajstić information content (AvgIpc) is 2.88. The summed E-state index contributed by atoms with van der Waals surface area (Å²) in [7, 11) is 1.74. The van der Waals surface area contributed by atoms with Crippen molar-refractivity contribution in [3.8, 4) is 0 Å². The lowest BCUT2D eigenvalue weighted by Crippen LogP contribution is -2.31. The van der Waals surface area contributed by atoms with E-state index in [-0.39, 0.29) is 6.03 Å². The van der Waals surface area contributed by atoms with E-state index in [2.05, 4.69) is 10.4 Å². The number of hydrogen-bond donors (Lipinski definition) is 1. The van der Waals surface area contributed by atoms with Gasteiger partial charge in [0.05, 0.1) is 22.9 Å². The fraction of sp³-hybridized carbons (Fsp3) is 0.286. The van der Waals surface area contributed by atoms with Crippen LogP contribution in [-0.4, -0.2) is 27.8 Å². The molecular weight excluding hydrogens is 276 g/mol. The molecule has 0 fully saturated rings. The van der Waals surface area contributed by atoms with Crippen LogP contribution in [0.2, 0.25) is 5.02 Å². The van der Waals surface area contributed by atoms with E-state index in [1.54, 1.807) is 30.3 Å². The van der Waals surface area contributed by atoms with Crippen LogP contribution in [0, 0.1) is 0 Å². The van der Waals surface area contributed by atoms with Crippen molar-refractivity contribution in [3.05, 3.63) is 47.2 Å². The molecule has 0 radical (unpaired) electrons. The first-order valence-electron chi connectivity index (χ1n) is 6.39. The molecule has 0 saturated heterocycles. The summed E-state index contributed by atoms with van der Waals surface area (Å²) in [5, 5.41) is 7.49. The van der Waals surface area contributed by atoms with E-state index in [1.807, 2.05) is 29.8 Å². The number of hydrogen-bond acceptors (Lipinski definition) is 2. The highest BCUT2D eigenvalue weighted by Gasteiger charge is 2.12. The fourth-order valence-electron chi connectivity index (χ4n) is 1.87. The van der Waals surface area contributed by atoms with Gasteiger partial charge in [-0.15, -0.1) is 0 Å². The zero-order valence-corrected chi connectivity index (χ0v) is 12.3. The number of rotatable bonds is 4. The van der Waals surface area contributed by atoms with Crippen molar-refractivity contribution < 1.29 is 4.79 Å². The molecule has 0 atom stereocenters. The molecule has 2 aromatic rings. The van der Waals surface area contributed by atoms with Crippen LogP contribution >= 0.6 is 11.6 Å². The maximum Gasteiger partial charge on any atom is 0.321 e. The number of nitrogens with zero attached hydrogens (tertiary/aromatic N) is 3. The Morgan fingerprint density at radius 2 is 2.15 bits per heavy atom. The van der Waals surface area contributed by atoms with Gasteiger partial charge in [0.25, 0.3) is 0 Å². The first kappa shape index (κ1) is 14.4. The van der Waals surface area contributed by atoms with E-state index in [4.69, 9.17) is 11.6 Å². The maximum absolute atomic E-state index is 12.1. The number of aryl methyl sites for hydroxylation is 1. The highest BCUT2D eigenvalue weighted by atomic mass is 35.5. The number of para-hydroxylation sites is 1. The Hall–Kier alpha value is -2.01. The number of halogens is 1. The minimum Gasteiger partial charge on any atom is -0.322 e. The van der Waals surface area contributed by atoms with E-state index in [9.17, 15) is 4.79 Å². The van der Waals surface area contributed by atoms with Gasteiger partial charge < -0.3 is 10.2 Å². The van der Waals surface area contributed by atoms with Crippen LogP contribution in [0.5, 0.6) is 0 Å². The van der Waals surface area contributed by atoms with E-state index in [0.29, 0.717) is 17.3 Å². The Morgan fingerprint density at radius 1 is 1.40 bits per heavy atom. The SMILES string of the molecule is CCn1nccc1CN(C)C(=O)Nc1ccccc1Cl. The smallest absolute Gasteiger partial charge is 0.321 e. The van der Waals surface area contributed by atoms with Gasteiger partial charge in [-0.25, -0.2) is 4.79 Å². The molecule has 1 heterocycles. The summed E-state index contributed by atoms with van der Waals surface area (Å²) in [6.45, 7) is 3.28. The van der Waals surface area contributed by atoms with Crippen molar-refractivity contribution in [2.45, 2.75) is 20.0 Å². The summed E-state index contributed by atoms with van der Waals surface area (Å²) < 4.78 is 1.86. The third-order valence-electron chi connectivity index (χ3n) is 2.97. The summed E-state index contributed by atoms with van der Waals surface area (Å²) in [6.07, 6.45) is 1.73. The minimum absolute atomic E-state index is 0.207. The summed E-state index contributed by atoms with van der Waals surface area (Å²) in [5.41, 5.74) is 1.60. The molecule has 1 aromatic heterocycles. The number of carbonyl (C=O) groups is 1. The van der Waals surface area contributed by atoms with Crippen molar-refractivity contribution >= 4 is 23.3 Å². The van der Waals surface area contributed by atoms with Crippen LogP contribution in [0.3, 0.4) is 0 Å². The molecule has 0 aliphatic carbocycles. The van der Waals surface area contributed by atoms with Crippen LogP contribution in [0.1, 0.15) is 12.6 Å². The van der Waals surface area contributed by atoms with Gasteiger partial charge in [-0.2, -0.15) is 5.10 Å². The molecule has 0 unspecified atom stereocenters. The molecule has 0 aliphatic heterocycles. The average molecular weight is 293 g/mol. The lowest BCUT2D eigenvalue weighted by molar-refractivity contribution is 0.219. The summed E-state index contributed by atoms with van der Waals surface area (Å²) in [6, 6.07) is 8.85. The van der Waals surface area contributed by atoms with Crippen LogP contribution in [0.15, 0.2) is 36.5 Å². The molecular formula is C14H17ClN4O. The van der Waals surface area contributed by atoms with Crippen molar-refractivity contribution in [3.63, 3.8) is 0 Å². The van der Waals surface area contributed by atoms with E-state index < -0.39 is 0 Å². The van der Waals surface area contributed by atoms with E-state index in [1.165, 1.54) is 0 Å². The van der Waals surface area contributed by atoms with Gasteiger partial charge in [0.15, 0.2) is 0 Å². The molecule has 106 valence electrons. The maximum atomic E-state index is 12.1. The van der Waals surface area contributed by atoms with Crippen LogP contribution in [-0.2, 0) is 13.1 Å². The second-order valence-electron chi connectivity index (χ2n) is 4.40. The van der Waals surface area contributed by atoms with Gasteiger partial charge >= 0.3 is 6.03 Å². The zero-order valence-electron chi connectivity index (χ0n) is 11.5. The van der Waals surface area contributed by atoms with Crippen molar-refractivity contribution in [2.24, 2.45) is 0 Å². The molecule has 0 spiro atoms. The van der Waals surface area contributed by atoms with Gasteiger partial charge in [-0.1, -0.05) is 23.7 Å². The monoisotopic (exact) mass is 292 g/mol. The number of nitrogens with one attached hydrogen (secondary N) is 1. The largest absolute Gasteiger partial charge is 0.322 e. The molecule has 0 saturated carbocycles. The van der Waals surface area contributed by atoms with Crippen LogP contribution in [0.25, 0.3) is 0 Å². The third-order valence-corrected chi connectivity index (χ3v) is 3.29. The lowest BCUT2D eigenvalue weighted by atomic mass is 10.3. The second-order valence-corrected chi connectivity index (χ2v) is 4.81. The lowest BCUT2D eigenvalue weighted by Gasteiger charge is -2.18. The Bertz CT molecular complexity index is 596. The molecule has 0 bridgehead atoms. The number of benzene rings is 1. The Labute approximate surface area is 123 Å². The number of amides is 2. The standard InChI is InChI=1S/C14H17ClN4O/c1-3-19-11(8-9-16-19)10-18(2)14(20)17-13-7-5-4-6-12(13)15/h4-9H,3,10H2,1-2H3,(H,17,20). The van der Waals surface area contributed by atoms with Gasteiger partial charge in [0.2, 0.25) is 0 Å². The van der Waals surface area contributed by atoms with Crippen LogP contribution < -0.4 is 5.32 Å². The Kier molecular flexibility index (Phi) is 4.63. The highest BCUT2D eigenvalue weighted by molar-refractivity contribution is 6.33. The number of aromatic nitrogens is 2. The number of anilines is 1. The van der Waals surface area contributed by atoms with Crippen molar-refractivity contribution in [1.29, 1.82) is 0 Å². The first-order valence-corrected chi connectivity index (χ1v) is 6.77. The van der Waals surface area contributed by atoms with Crippen molar-refractivity contribution in [1.82, 2.24) is 14.7 Å². The molecule has 2 amide bonds. The molecule has 20 heavy (non-hydrogen) atoms. The topological polar surface area (TPSA) is 50.2 Å². The van der Waals surface area contributed by atoms with Crippen molar-refractivity contribution in [2.75, 3.05) is 12.4 Å². The van der Waals surface area contributed by atoms with E-state index in [0.717, 1.165) is 12.2 Å². The van der Waals surface area contributed by atoms with Crippen LogP contribution in [0.4, 0.5) is 10.5 Å². The molecule has 0 aliphatic rings. The first-order chi connectivity index (χ1) is 9.61. The molecule has 5 nitrogen and oxygen atoms in total. The minimum atomic E-state index is -0.207. The highest BCUT2D eigenvalue weighted by Crippen LogP contribution is 2.20. The summed E-state index contributed by atoms with van der Waals surface area (Å²) >= 11 is 6.02. The molecule has 6 heteroatoms.